The fourth-order valence-electron chi connectivity index (χ4n) is 1.95. The second-order valence-electron chi connectivity index (χ2n) is 5.00. The van der Waals surface area contributed by atoms with Gasteiger partial charge in [0.05, 0.1) is 7.11 Å². The zero-order valence-corrected chi connectivity index (χ0v) is 14.5. The van der Waals surface area contributed by atoms with E-state index in [-0.39, 0.29) is 24.5 Å². The Hall–Kier alpha value is -2.42. The van der Waals surface area contributed by atoms with Gasteiger partial charge in [-0.3, -0.25) is 4.79 Å². The van der Waals surface area contributed by atoms with Crippen LogP contribution in [0.3, 0.4) is 0 Å². The first kappa shape index (κ1) is 20.6. The van der Waals surface area contributed by atoms with E-state index in [0.29, 0.717) is 5.75 Å². The van der Waals surface area contributed by atoms with Gasteiger partial charge < -0.3 is 20.3 Å². The molecule has 0 spiro atoms. The fraction of sp³-hybridized carbons (Fsp3) is 0.467. The van der Waals surface area contributed by atoms with E-state index >= 15 is 0 Å². The number of hydrogen-bond acceptors (Lipinski definition) is 7. The Balaban J connectivity index is 2.65. The lowest BCUT2D eigenvalue weighted by Crippen LogP contribution is -2.47. The van der Waals surface area contributed by atoms with Gasteiger partial charge in [-0.05, 0) is 29.6 Å². The molecule has 2 unspecified atom stereocenters. The minimum Gasteiger partial charge on any atom is -0.508 e. The number of aliphatic hydroxyl groups is 1. The molecule has 1 amide bonds. The number of aliphatic hydroxyl groups excluding tert-OH is 1. The molecule has 0 fully saturated rings. The van der Waals surface area contributed by atoms with E-state index in [1.165, 1.54) is 18.9 Å². The third kappa shape index (κ3) is 7.34. The van der Waals surface area contributed by atoms with Gasteiger partial charge >= 0.3 is 5.97 Å². The van der Waals surface area contributed by atoms with Gasteiger partial charge in [0.15, 0.2) is 0 Å². The number of carbonyl (C=O) groups is 2. The number of methoxy groups -OCH3 is 1. The molecule has 1 rings (SSSR count). The average Bonchev–Trinajstić information content (AvgIpc) is 2.60. The summed E-state index contributed by atoms with van der Waals surface area (Å²) in [6.45, 7) is -0.327. The van der Waals surface area contributed by atoms with E-state index in [4.69, 9.17) is 10.6 Å². The quantitative estimate of drug-likeness (QED) is 0.246. The van der Waals surface area contributed by atoms with E-state index < -0.39 is 24.0 Å². The molecule has 0 aromatic heterocycles. The summed E-state index contributed by atoms with van der Waals surface area (Å²) >= 11 is 1.37. The number of phenols is 1. The number of esters is 1. The predicted molar refractivity (Wildman–Crippen MR) is 92.9 cm³/mol. The summed E-state index contributed by atoms with van der Waals surface area (Å²) in [6, 6.07) is 4.69. The van der Waals surface area contributed by atoms with Crippen molar-refractivity contribution in [3.8, 4) is 5.75 Å². The van der Waals surface area contributed by atoms with Crippen molar-refractivity contribution >= 4 is 23.6 Å². The second-order valence-corrected chi connectivity index (χ2v) is 6.03. The van der Waals surface area contributed by atoms with Gasteiger partial charge in [-0.1, -0.05) is 17.2 Å². The summed E-state index contributed by atoms with van der Waals surface area (Å²) in [4.78, 5) is 26.5. The van der Waals surface area contributed by atoms with Crippen molar-refractivity contribution in [3.05, 3.63) is 40.3 Å². The second kappa shape index (κ2) is 11.2. The topological polar surface area (TPSA) is 145 Å². The molecule has 0 saturated carbocycles. The van der Waals surface area contributed by atoms with Gasteiger partial charge in [-0.15, -0.1) is 0 Å². The smallest absolute Gasteiger partial charge is 0.329 e. The number of aromatic hydroxyl groups is 1. The van der Waals surface area contributed by atoms with Crippen molar-refractivity contribution in [1.29, 1.82) is 0 Å². The summed E-state index contributed by atoms with van der Waals surface area (Å²) in [5.74, 6) is -0.373. The number of azide groups is 1. The summed E-state index contributed by atoms with van der Waals surface area (Å²) in [5, 5.41) is 24.1. The first-order valence-electron chi connectivity index (χ1n) is 7.40. The highest BCUT2D eigenvalue weighted by Crippen LogP contribution is 2.18. The Kier molecular flexibility index (Phi) is 9.23. The Morgan fingerprint density at radius 3 is 2.84 bits per heavy atom. The van der Waals surface area contributed by atoms with E-state index in [0.717, 1.165) is 5.56 Å². The van der Waals surface area contributed by atoms with Crippen LogP contribution >= 0.6 is 11.8 Å². The number of phenolic OH excluding ortho intramolecular Hbond substituents is 1. The number of thioether (sulfide) groups is 1. The number of amides is 1. The highest BCUT2D eigenvalue weighted by Gasteiger charge is 2.25. The van der Waals surface area contributed by atoms with Crippen LogP contribution in [0.5, 0.6) is 5.75 Å². The number of nitrogens with one attached hydrogen (secondary N) is 1. The monoisotopic (exact) mass is 368 g/mol. The molecular formula is C15H20N4O5S. The van der Waals surface area contributed by atoms with Crippen LogP contribution in [0.1, 0.15) is 12.0 Å². The summed E-state index contributed by atoms with van der Waals surface area (Å²) in [6.07, 6.45) is -0.0414. The molecule has 0 heterocycles. The van der Waals surface area contributed by atoms with Gasteiger partial charge in [0.25, 0.3) is 0 Å². The molecule has 1 aromatic rings. The Morgan fingerprint density at radius 1 is 1.48 bits per heavy atom. The van der Waals surface area contributed by atoms with Crippen LogP contribution in [0.4, 0.5) is 0 Å². The zero-order chi connectivity index (χ0) is 18.7. The Morgan fingerprint density at radius 2 is 2.24 bits per heavy atom. The van der Waals surface area contributed by atoms with Crippen LogP contribution in [-0.2, 0) is 20.1 Å². The number of benzene rings is 1. The molecule has 0 aliphatic heterocycles. The van der Waals surface area contributed by atoms with Crippen molar-refractivity contribution in [1.82, 2.24) is 5.32 Å². The molecule has 10 heteroatoms. The lowest BCUT2D eigenvalue weighted by molar-refractivity contribution is -0.144. The van der Waals surface area contributed by atoms with Gasteiger partial charge in [0.1, 0.15) is 17.8 Å². The molecule has 0 saturated heterocycles. The molecule has 0 bridgehead atoms. The minimum atomic E-state index is -1.10. The molecule has 3 N–H and O–H groups in total. The molecule has 0 aliphatic rings. The molecule has 2 atom stereocenters. The van der Waals surface area contributed by atoms with Crippen LogP contribution in [0.15, 0.2) is 29.4 Å². The number of hydrogen-bond donors (Lipinski definition) is 3. The number of nitrogens with zero attached hydrogens (tertiary/aromatic N) is 3. The lowest BCUT2D eigenvalue weighted by atomic mass is 10.2. The summed E-state index contributed by atoms with van der Waals surface area (Å²) < 4.78 is 4.68. The SMILES string of the molecule is COC(=O)C(CSCc1cccc(O)c1)NC(=O)C(CCO)N=[N+]=[N-]. The summed E-state index contributed by atoms with van der Waals surface area (Å²) in [5.41, 5.74) is 9.34. The molecule has 0 aliphatic carbocycles. The summed E-state index contributed by atoms with van der Waals surface area (Å²) in [7, 11) is 1.21. The molecular weight excluding hydrogens is 348 g/mol. The molecule has 1 aromatic carbocycles. The maximum Gasteiger partial charge on any atom is 0.329 e. The molecule has 136 valence electrons. The van der Waals surface area contributed by atoms with Crippen molar-refractivity contribution in [2.75, 3.05) is 19.5 Å². The van der Waals surface area contributed by atoms with E-state index in [9.17, 15) is 14.7 Å². The largest absolute Gasteiger partial charge is 0.508 e. The maximum atomic E-state index is 12.1. The van der Waals surface area contributed by atoms with E-state index in [1.807, 2.05) is 6.07 Å². The molecule has 25 heavy (non-hydrogen) atoms. The van der Waals surface area contributed by atoms with Crippen molar-refractivity contribution in [2.24, 2.45) is 5.11 Å². The maximum absolute atomic E-state index is 12.1. The van der Waals surface area contributed by atoms with Crippen LogP contribution < -0.4 is 5.32 Å². The van der Waals surface area contributed by atoms with Crippen LogP contribution in [-0.4, -0.2) is 53.6 Å². The van der Waals surface area contributed by atoms with Crippen molar-refractivity contribution < 1.29 is 24.5 Å². The van der Waals surface area contributed by atoms with Crippen LogP contribution in [0.2, 0.25) is 0 Å². The van der Waals surface area contributed by atoms with Crippen LogP contribution in [0, 0.1) is 0 Å². The van der Waals surface area contributed by atoms with Crippen molar-refractivity contribution in [2.45, 2.75) is 24.3 Å². The van der Waals surface area contributed by atoms with Gasteiger partial charge in [-0.25, -0.2) is 4.79 Å². The Labute approximate surface area is 149 Å². The number of carbonyl (C=O) groups excluding carboxylic acids is 2. The Bertz CT molecular complexity index is 636. The highest BCUT2D eigenvalue weighted by atomic mass is 32.2. The van der Waals surface area contributed by atoms with Gasteiger partial charge in [-0.2, -0.15) is 11.8 Å². The molecule has 0 radical (unpaired) electrons. The van der Waals surface area contributed by atoms with E-state index in [1.54, 1.807) is 18.2 Å². The van der Waals surface area contributed by atoms with Crippen LogP contribution in [0.25, 0.3) is 10.4 Å². The highest BCUT2D eigenvalue weighted by molar-refractivity contribution is 7.98. The fourth-order valence-corrected chi connectivity index (χ4v) is 2.93. The average molecular weight is 368 g/mol. The van der Waals surface area contributed by atoms with Crippen molar-refractivity contribution in [3.63, 3.8) is 0 Å². The lowest BCUT2D eigenvalue weighted by Gasteiger charge is -2.18. The normalized spacial score (nSPS) is 12.6. The third-order valence-electron chi connectivity index (χ3n) is 3.16. The molecule has 9 nitrogen and oxygen atoms in total. The van der Waals surface area contributed by atoms with E-state index in [2.05, 4.69) is 20.1 Å². The first-order chi connectivity index (χ1) is 12.0. The zero-order valence-electron chi connectivity index (χ0n) is 13.7. The number of rotatable bonds is 10. The third-order valence-corrected chi connectivity index (χ3v) is 4.27. The first-order valence-corrected chi connectivity index (χ1v) is 8.56. The van der Waals surface area contributed by atoms with Gasteiger partial charge in [0.2, 0.25) is 5.91 Å². The van der Waals surface area contributed by atoms with Gasteiger partial charge in [0, 0.05) is 23.0 Å². The standard InChI is InChI=1S/C15H20N4O5S/c1-24-15(23)13(17-14(22)12(5-6-20)18-19-16)9-25-8-10-3-2-4-11(21)7-10/h2-4,7,12-13,20-21H,5-6,8-9H2,1H3,(H,17,22). The predicted octanol–water partition coefficient (Wildman–Crippen LogP) is 1.34. The minimum absolute atomic E-state index is 0.0414. The number of ether oxygens (including phenoxy) is 1.